The van der Waals surface area contributed by atoms with Crippen LogP contribution in [0.4, 0.5) is 0 Å². The maximum atomic E-state index is 6.80. The first kappa shape index (κ1) is 32.0. The van der Waals surface area contributed by atoms with E-state index in [9.17, 15) is 0 Å². The summed E-state index contributed by atoms with van der Waals surface area (Å²) in [4.78, 5) is 10.2. The SMILES string of the molecule is c1ccc(C2=NC(c3ccc4sc5cc(-c6cccc7c6oc6cccc(-n8c9ccccc9c9ccccc98)c67)ccc5c4c3)=NC(c3ccccc3)N2)cc1. The number of hydrogen-bond acceptors (Lipinski definition) is 5. The van der Waals surface area contributed by atoms with Gasteiger partial charge in [0.2, 0.25) is 0 Å². The number of nitrogens with one attached hydrogen (secondary N) is 1. The lowest BCUT2D eigenvalue weighted by molar-refractivity contribution is 0.670. The third kappa shape index (κ3) is 5.08. The number of aromatic nitrogens is 1. The van der Waals surface area contributed by atoms with Crippen molar-refractivity contribution in [2.24, 2.45) is 9.98 Å². The highest BCUT2D eigenvalue weighted by molar-refractivity contribution is 7.25. The molecule has 0 amide bonds. The molecule has 6 heteroatoms. The minimum atomic E-state index is -0.245. The molecule has 1 atom stereocenters. The van der Waals surface area contributed by atoms with Gasteiger partial charge < -0.3 is 14.3 Å². The Morgan fingerprint density at radius 1 is 0.526 bits per heavy atom. The molecule has 11 aromatic rings. The lowest BCUT2D eigenvalue weighted by Crippen LogP contribution is -2.33. The van der Waals surface area contributed by atoms with Crippen LogP contribution in [0.1, 0.15) is 22.9 Å². The zero-order valence-corrected chi connectivity index (χ0v) is 31.4. The molecule has 5 nitrogen and oxygen atoms in total. The van der Waals surface area contributed by atoms with Gasteiger partial charge in [0.15, 0.2) is 5.84 Å². The monoisotopic (exact) mass is 748 g/mol. The molecule has 0 spiro atoms. The van der Waals surface area contributed by atoms with Gasteiger partial charge in [-0.3, -0.25) is 0 Å². The van der Waals surface area contributed by atoms with Crippen LogP contribution < -0.4 is 5.32 Å². The van der Waals surface area contributed by atoms with Gasteiger partial charge in [0, 0.05) is 53.0 Å². The van der Waals surface area contributed by atoms with Crippen LogP contribution in [0.5, 0.6) is 0 Å². The molecule has 0 fully saturated rings. The summed E-state index contributed by atoms with van der Waals surface area (Å²) < 4.78 is 11.6. The van der Waals surface area contributed by atoms with E-state index in [1.165, 1.54) is 42.0 Å². The minimum Gasteiger partial charge on any atom is -0.455 e. The van der Waals surface area contributed by atoms with E-state index in [0.717, 1.165) is 67.1 Å². The van der Waals surface area contributed by atoms with Crippen molar-refractivity contribution in [2.75, 3.05) is 0 Å². The zero-order valence-electron chi connectivity index (χ0n) is 30.6. The third-order valence-electron chi connectivity index (χ3n) is 11.3. The Balaban J connectivity index is 0.974. The van der Waals surface area contributed by atoms with E-state index in [1.54, 1.807) is 0 Å². The second-order valence-electron chi connectivity index (χ2n) is 14.6. The Hall–Kier alpha value is -7.28. The molecule has 8 aromatic carbocycles. The van der Waals surface area contributed by atoms with Crippen molar-refractivity contribution < 1.29 is 4.42 Å². The number of aliphatic imine (C=N–C) groups is 2. The summed E-state index contributed by atoms with van der Waals surface area (Å²) in [7, 11) is 0. The average molecular weight is 749 g/mol. The van der Waals surface area contributed by atoms with E-state index in [1.807, 2.05) is 35.6 Å². The largest absolute Gasteiger partial charge is 0.455 e. The van der Waals surface area contributed by atoms with E-state index in [-0.39, 0.29) is 6.17 Å². The van der Waals surface area contributed by atoms with Crippen molar-refractivity contribution in [3.8, 4) is 16.8 Å². The molecule has 4 heterocycles. The zero-order chi connectivity index (χ0) is 37.5. The van der Waals surface area contributed by atoms with Crippen LogP contribution in [0.2, 0.25) is 0 Å². The van der Waals surface area contributed by atoms with Crippen LogP contribution in [0.25, 0.3) is 80.7 Å². The van der Waals surface area contributed by atoms with E-state index >= 15 is 0 Å². The Kier molecular flexibility index (Phi) is 7.09. The maximum Gasteiger partial charge on any atom is 0.159 e. The average Bonchev–Trinajstić information content (AvgIpc) is 3.96. The first-order valence-corrected chi connectivity index (χ1v) is 20.0. The summed E-state index contributed by atoms with van der Waals surface area (Å²) in [5.41, 5.74) is 10.6. The van der Waals surface area contributed by atoms with Gasteiger partial charge in [0.05, 0.1) is 22.1 Å². The van der Waals surface area contributed by atoms with E-state index in [2.05, 4.69) is 168 Å². The Labute approximate surface area is 331 Å². The number of thiophene rings is 1. The molecule has 3 aromatic heterocycles. The van der Waals surface area contributed by atoms with Gasteiger partial charge in [0.25, 0.3) is 0 Å². The highest BCUT2D eigenvalue weighted by atomic mass is 32.1. The summed E-state index contributed by atoms with van der Waals surface area (Å²) in [5, 5.41) is 10.7. The molecule has 0 saturated carbocycles. The number of furan rings is 1. The molecule has 0 aliphatic carbocycles. The molecule has 0 bridgehead atoms. The second-order valence-corrected chi connectivity index (χ2v) is 15.6. The quantitative estimate of drug-likeness (QED) is 0.191. The first-order valence-electron chi connectivity index (χ1n) is 19.2. The van der Waals surface area contributed by atoms with Crippen LogP contribution in [0.15, 0.2) is 196 Å². The topological polar surface area (TPSA) is 54.8 Å². The maximum absolute atomic E-state index is 6.80. The lowest BCUT2D eigenvalue weighted by Gasteiger charge is -2.23. The van der Waals surface area contributed by atoms with Crippen LogP contribution in [0.3, 0.4) is 0 Å². The van der Waals surface area contributed by atoms with Gasteiger partial charge in [0.1, 0.15) is 23.2 Å². The fourth-order valence-corrected chi connectivity index (χ4v) is 9.76. The number of fused-ring (bicyclic) bond motifs is 9. The number of rotatable bonds is 5. The van der Waals surface area contributed by atoms with Crippen LogP contribution >= 0.6 is 11.3 Å². The third-order valence-corrected chi connectivity index (χ3v) is 12.4. The summed E-state index contributed by atoms with van der Waals surface area (Å²) in [6, 6.07) is 64.3. The fraction of sp³-hybridized carbons (Fsp3) is 0.0196. The number of benzene rings is 8. The highest BCUT2D eigenvalue weighted by Gasteiger charge is 2.23. The summed E-state index contributed by atoms with van der Waals surface area (Å²) >= 11 is 1.81. The Morgan fingerprint density at radius 3 is 2.04 bits per heavy atom. The second kappa shape index (κ2) is 12.6. The summed E-state index contributed by atoms with van der Waals surface area (Å²) in [6.45, 7) is 0. The van der Waals surface area contributed by atoms with Crippen LogP contribution in [-0.4, -0.2) is 16.2 Å². The highest BCUT2D eigenvalue weighted by Crippen LogP contribution is 2.43. The molecule has 1 aliphatic heterocycles. The molecule has 57 heavy (non-hydrogen) atoms. The molecule has 1 N–H and O–H groups in total. The number of amidine groups is 2. The summed E-state index contributed by atoms with van der Waals surface area (Å²) in [5.74, 6) is 1.53. The van der Waals surface area contributed by atoms with Crippen LogP contribution in [-0.2, 0) is 0 Å². The van der Waals surface area contributed by atoms with Crippen LogP contribution in [0, 0.1) is 0 Å². The predicted molar refractivity (Wildman–Crippen MR) is 238 cm³/mol. The lowest BCUT2D eigenvalue weighted by atomic mass is 10.00. The molecule has 12 rings (SSSR count). The van der Waals surface area contributed by atoms with Gasteiger partial charge in [-0.25, -0.2) is 9.98 Å². The van der Waals surface area contributed by atoms with Gasteiger partial charge in [-0.15, -0.1) is 11.3 Å². The Morgan fingerprint density at radius 2 is 1.23 bits per heavy atom. The standard InChI is InChI=1S/C51H32N4OS/c1-3-13-31(14-4-1)49-52-50(32-15-5-2-6-16-32)54-51(53-49)34-26-28-45-40(29-34)38-27-25-33(30-46(38)57-45)35-19-11-20-39-47-43(23-12-24-44(47)56-48(35)39)55-41-21-9-7-17-36(41)37-18-8-10-22-42(37)55/h1-30,49H,(H,52,53,54). The number of nitrogens with zero attached hydrogens (tertiary/aromatic N) is 3. The molecule has 1 aliphatic rings. The van der Waals surface area contributed by atoms with E-state index in [4.69, 9.17) is 14.4 Å². The molecule has 0 saturated heterocycles. The van der Waals surface area contributed by atoms with Crippen molar-refractivity contribution in [1.29, 1.82) is 0 Å². The smallest absolute Gasteiger partial charge is 0.159 e. The van der Waals surface area contributed by atoms with Crippen molar-refractivity contribution in [1.82, 2.24) is 9.88 Å². The summed E-state index contributed by atoms with van der Waals surface area (Å²) in [6.07, 6.45) is -0.245. The van der Waals surface area contributed by atoms with Crippen molar-refractivity contribution >= 4 is 86.9 Å². The molecular weight excluding hydrogens is 717 g/mol. The van der Waals surface area contributed by atoms with Crippen molar-refractivity contribution in [2.45, 2.75) is 6.17 Å². The van der Waals surface area contributed by atoms with E-state index in [0.29, 0.717) is 0 Å². The van der Waals surface area contributed by atoms with Gasteiger partial charge in [-0.05, 0) is 59.7 Å². The van der Waals surface area contributed by atoms with Gasteiger partial charge in [-0.2, -0.15) is 0 Å². The van der Waals surface area contributed by atoms with Crippen molar-refractivity contribution in [3.05, 3.63) is 199 Å². The van der Waals surface area contributed by atoms with Crippen molar-refractivity contribution in [3.63, 3.8) is 0 Å². The molecular formula is C51H32N4OS. The minimum absolute atomic E-state index is 0.245. The molecule has 1 unspecified atom stereocenters. The molecule has 0 radical (unpaired) electrons. The van der Waals surface area contributed by atoms with E-state index < -0.39 is 0 Å². The number of hydrogen-bond donors (Lipinski definition) is 1. The predicted octanol–water partition coefficient (Wildman–Crippen LogP) is 13.2. The molecule has 268 valence electrons. The van der Waals surface area contributed by atoms with Gasteiger partial charge in [-0.1, -0.05) is 133 Å². The Bertz CT molecular complexity index is 3390. The van der Waals surface area contributed by atoms with Gasteiger partial charge >= 0.3 is 0 Å². The number of para-hydroxylation sites is 3. The fourth-order valence-electron chi connectivity index (χ4n) is 8.64. The normalized spacial score (nSPS) is 14.5. The first-order chi connectivity index (χ1) is 28.2.